The number of carboxylic acids is 1. The number of nitrogens with zero attached hydrogens (tertiary/aromatic N) is 1. The summed E-state index contributed by atoms with van der Waals surface area (Å²) in [6.45, 7) is 2.79. The van der Waals surface area contributed by atoms with Gasteiger partial charge in [0.1, 0.15) is 0 Å². The fourth-order valence-corrected chi connectivity index (χ4v) is 3.36. The zero-order valence-corrected chi connectivity index (χ0v) is 10.6. The maximum absolute atomic E-state index is 10.4. The number of carboxylic acid groups (broad SMARTS) is 1. The van der Waals surface area contributed by atoms with Gasteiger partial charge >= 0.3 is 5.97 Å². The molecule has 3 nitrogen and oxygen atoms in total. The third-order valence-corrected chi connectivity index (χ3v) is 4.11. The summed E-state index contributed by atoms with van der Waals surface area (Å²) in [5.74, 6) is -0.329. The van der Waals surface area contributed by atoms with Crippen LogP contribution in [0.3, 0.4) is 0 Å². The Balaban J connectivity index is 1.74. The molecule has 0 amide bonds. The third kappa shape index (κ3) is 3.03. The summed E-state index contributed by atoms with van der Waals surface area (Å²) in [4.78, 5) is 14.1. The van der Waals surface area contributed by atoms with Gasteiger partial charge in [0.15, 0.2) is 0 Å². The Bertz CT molecular complexity index is 360. The molecule has 1 N–H and O–H groups in total. The number of hydrogen-bond donors (Lipinski definition) is 1. The minimum atomic E-state index is -0.682. The highest BCUT2D eigenvalue weighted by Gasteiger charge is 2.28. The highest BCUT2D eigenvalue weighted by atomic mass is 79.9. The van der Waals surface area contributed by atoms with Crippen LogP contribution < -0.4 is 0 Å². The van der Waals surface area contributed by atoms with E-state index in [1.165, 1.54) is 4.88 Å². The van der Waals surface area contributed by atoms with Crippen molar-refractivity contribution in [2.75, 3.05) is 13.1 Å². The first-order valence-corrected chi connectivity index (χ1v) is 6.43. The standard InChI is InChI=1S/C10H12BrNO2S/c11-9-2-1-8(15-9)6-12-4-7(5-12)3-10(13)14/h1-2,7H,3-6H2,(H,13,14). The monoisotopic (exact) mass is 289 g/mol. The van der Waals surface area contributed by atoms with E-state index < -0.39 is 5.97 Å². The van der Waals surface area contributed by atoms with Crippen LogP contribution in [0.25, 0.3) is 0 Å². The summed E-state index contributed by atoms with van der Waals surface area (Å²) < 4.78 is 1.15. The van der Waals surface area contributed by atoms with Gasteiger partial charge in [-0.05, 0) is 34.0 Å². The molecular formula is C10H12BrNO2S. The lowest BCUT2D eigenvalue weighted by atomic mass is 9.96. The summed E-state index contributed by atoms with van der Waals surface area (Å²) in [5, 5.41) is 8.61. The average molecular weight is 290 g/mol. The van der Waals surface area contributed by atoms with Crippen LogP contribution in [0, 0.1) is 5.92 Å². The van der Waals surface area contributed by atoms with Crippen LogP contribution in [-0.2, 0) is 11.3 Å². The summed E-state index contributed by atoms with van der Waals surface area (Å²) >= 11 is 5.17. The lowest BCUT2D eigenvalue weighted by Crippen LogP contribution is -2.46. The second kappa shape index (κ2) is 4.63. The Kier molecular flexibility index (Phi) is 3.43. The van der Waals surface area contributed by atoms with Crippen molar-refractivity contribution in [1.29, 1.82) is 0 Å². The molecule has 0 unspecified atom stereocenters. The van der Waals surface area contributed by atoms with Crippen molar-refractivity contribution >= 4 is 33.2 Å². The molecule has 82 valence electrons. The number of thiophene rings is 1. The summed E-state index contributed by atoms with van der Waals surface area (Å²) in [5.41, 5.74) is 0. The molecule has 0 spiro atoms. The normalized spacial score (nSPS) is 17.7. The predicted octanol–water partition coefficient (Wildman–Crippen LogP) is 2.42. The Morgan fingerprint density at radius 1 is 1.60 bits per heavy atom. The molecule has 2 rings (SSSR count). The van der Waals surface area contributed by atoms with Gasteiger partial charge in [0.05, 0.1) is 10.2 Å². The Morgan fingerprint density at radius 3 is 2.87 bits per heavy atom. The highest BCUT2D eigenvalue weighted by Crippen LogP contribution is 2.27. The first-order chi connectivity index (χ1) is 7.13. The number of halogens is 1. The number of carbonyl (C=O) groups is 1. The molecule has 1 fully saturated rings. The van der Waals surface area contributed by atoms with Crippen LogP contribution in [0.15, 0.2) is 15.9 Å². The van der Waals surface area contributed by atoms with Crippen LogP contribution in [-0.4, -0.2) is 29.1 Å². The maximum atomic E-state index is 10.4. The molecule has 2 heterocycles. The van der Waals surface area contributed by atoms with Crippen LogP contribution in [0.2, 0.25) is 0 Å². The molecule has 1 aromatic rings. The van der Waals surface area contributed by atoms with E-state index in [1.807, 2.05) is 0 Å². The van der Waals surface area contributed by atoms with E-state index in [4.69, 9.17) is 5.11 Å². The lowest BCUT2D eigenvalue weighted by molar-refractivity contribution is -0.139. The van der Waals surface area contributed by atoms with Crippen molar-refractivity contribution in [3.63, 3.8) is 0 Å². The van der Waals surface area contributed by atoms with Gasteiger partial charge in [-0.1, -0.05) is 0 Å². The molecule has 1 saturated heterocycles. The second-order valence-electron chi connectivity index (χ2n) is 3.86. The number of hydrogen-bond acceptors (Lipinski definition) is 3. The third-order valence-electron chi connectivity index (χ3n) is 2.50. The van der Waals surface area contributed by atoms with Crippen molar-refractivity contribution in [1.82, 2.24) is 4.90 Å². The summed E-state index contributed by atoms with van der Waals surface area (Å²) in [7, 11) is 0. The van der Waals surface area contributed by atoms with E-state index in [0.717, 1.165) is 23.4 Å². The maximum Gasteiger partial charge on any atom is 0.303 e. The minimum absolute atomic E-state index is 0.310. The van der Waals surface area contributed by atoms with Gasteiger partial charge in [0, 0.05) is 24.5 Å². The molecular weight excluding hydrogens is 278 g/mol. The number of likely N-dealkylation sites (tertiary alicyclic amines) is 1. The van der Waals surface area contributed by atoms with Gasteiger partial charge in [0.25, 0.3) is 0 Å². The zero-order chi connectivity index (χ0) is 10.8. The molecule has 0 bridgehead atoms. The van der Waals surface area contributed by atoms with Crippen molar-refractivity contribution in [2.24, 2.45) is 5.92 Å². The highest BCUT2D eigenvalue weighted by molar-refractivity contribution is 9.11. The average Bonchev–Trinajstić information content (AvgIpc) is 2.47. The molecule has 5 heteroatoms. The Morgan fingerprint density at radius 2 is 2.33 bits per heavy atom. The molecule has 0 atom stereocenters. The van der Waals surface area contributed by atoms with Crippen molar-refractivity contribution in [2.45, 2.75) is 13.0 Å². The van der Waals surface area contributed by atoms with Gasteiger partial charge in [-0.2, -0.15) is 0 Å². The Hall–Kier alpha value is -0.390. The lowest BCUT2D eigenvalue weighted by Gasteiger charge is -2.38. The fraction of sp³-hybridized carbons (Fsp3) is 0.500. The second-order valence-corrected chi connectivity index (χ2v) is 6.41. The van der Waals surface area contributed by atoms with Crippen molar-refractivity contribution < 1.29 is 9.90 Å². The first-order valence-electron chi connectivity index (χ1n) is 4.82. The molecule has 1 aromatic heterocycles. The van der Waals surface area contributed by atoms with Gasteiger partial charge in [-0.25, -0.2) is 0 Å². The van der Waals surface area contributed by atoms with Crippen molar-refractivity contribution in [3.8, 4) is 0 Å². The molecule has 0 aromatic carbocycles. The summed E-state index contributed by atoms with van der Waals surface area (Å²) in [6, 6.07) is 4.16. The SMILES string of the molecule is O=C(O)CC1CN(Cc2ccc(Br)s2)C1. The van der Waals surface area contributed by atoms with E-state index in [0.29, 0.717) is 12.3 Å². The molecule has 15 heavy (non-hydrogen) atoms. The molecule has 1 aliphatic rings. The summed E-state index contributed by atoms with van der Waals surface area (Å²) in [6.07, 6.45) is 0.310. The van der Waals surface area contributed by atoms with Crippen LogP contribution >= 0.6 is 27.3 Å². The van der Waals surface area contributed by atoms with Crippen LogP contribution in [0.1, 0.15) is 11.3 Å². The smallest absolute Gasteiger partial charge is 0.303 e. The molecule has 1 aliphatic heterocycles. The van der Waals surface area contributed by atoms with E-state index in [9.17, 15) is 4.79 Å². The van der Waals surface area contributed by atoms with E-state index in [2.05, 4.69) is 33.0 Å². The first kappa shape index (κ1) is 11.1. The fourth-order valence-electron chi connectivity index (χ4n) is 1.84. The molecule has 0 radical (unpaired) electrons. The van der Waals surface area contributed by atoms with Crippen LogP contribution in [0.4, 0.5) is 0 Å². The zero-order valence-electron chi connectivity index (χ0n) is 8.15. The van der Waals surface area contributed by atoms with Gasteiger partial charge in [-0.3, -0.25) is 9.69 Å². The Labute approximate surface area is 101 Å². The van der Waals surface area contributed by atoms with Crippen LogP contribution in [0.5, 0.6) is 0 Å². The van der Waals surface area contributed by atoms with Gasteiger partial charge < -0.3 is 5.11 Å². The number of aliphatic carboxylic acids is 1. The molecule has 0 saturated carbocycles. The predicted molar refractivity (Wildman–Crippen MR) is 63.0 cm³/mol. The number of rotatable bonds is 4. The topological polar surface area (TPSA) is 40.5 Å². The van der Waals surface area contributed by atoms with Gasteiger partial charge in [0.2, 0.25) is 0 Å². The minimum Gasteiger partial charge on any atom is -0.481 e. The largest absolute Gasteiger partial charge is 0.481 e. The van der Waals surface area contributed by atoms with E-state index in [1.54, 1.807) is 11.3 Å². The molecule has 0 aliphatic carbocycles. The van der Waals surface area contributed by atoms with Crippen molar-refractivity contribution in [3.05, 3.63) is 20.8 Å². The van der Waals surface area contributed by atoms with E-state index >= 15 is 0 Å². The van der Waals surface area contributed by atoms with E-state index in [-0.39, 0.29) is 0 Å². The van der Waals surface area contributed by atoms with Gasteiger partial charge in [-0.15, -0.1) is 11.3 Å². The quantitative estimate of drug-likeness (QED) is 0.925.